The molecule has 0 atom stereocenters. The number of halogens is 1. The van der Waals surface area contributed by atoms with Crippen LogP contribution in [-0.2, 0) is 6.54 Å². The van der Waals surface area contributed by atoms with Crippen LogP contribution in [0.2, 0.25) is 0 Å². The molecule has 0 saturated carbocycles. The summed E-state index contributed by atoms with van der Waals surface area (Å²) in [5, 5.41) is 0. The Morgan fingerprint density at radius 1 is 1.35 bits per heavy atom. The topological polar surface area (TPSA) is 12.5 Å². The van der Waals surface area contributed by atoms with Crippen molar-refractivity contribution in [1.82, 2.24) is 4.90 Å². The molecule has 0 heterocycles. The molecule has 1 rings (SSSR count). The molecule has 0 amide bonds. The fourth-order valence-corrected chi connectivity index (χ4v) is 2.15. The van der Waals surface area contributed by atoms with Crippen molar-refractivity contribution in [3.63, 3.8) is 0 Å². The molecule has 96 valence electrons. The molecular formula is C14H22BrNO. The van der Waals surface area contributed by atoms with Gasteiger partial charge in [-0.2, -0.15) is 0 Å². The van der Waals surface area contributed by atoms with E-state index in [9.17, 15) is 0 Å². The van der Waals surface area contributed by atoms with Gasteiger partial charge in [0.1, 0.15) is 5.75 Å². The average Bonchev–Trinajstić information content (AvgIpc) is 2.29. The first-order valence-electron chi connectivity index (χ1n) is 5.94. The van der Waals surface area contributed by atoms with Crippen LogP contribution in [0.15, 0.2) is 22.7 Å². The van der Waals surface area contributed by atoms with Crippen molar-refractivity contribution in [2.45, 2.75) is 39.3 Å². The van der Waals surface area contributed by atoms with E-state index in [2.05, 4.69) is 60.8 Å². The maximum absolute atomic E-state index is 5.23. The highest BCUT2D eigenvalue weighted by Gasteiger charge is 2.21. The lowest BCUT2D eigenvalue weighted by Gasteiger charge is -2.34. The van der Waals surface area contributed by atoms with Crippen LogP contribution in [0.3, 0.4) is 0 Å². The quantitative estimate of drug-likeness (QED) is 0.812. The molecule has 0 saturated heterocycles. The first-order chi connectivity index (χ1) is 7.90. The normalized spacial score (nSPS) is 11.9. The minimum atomic E-state index is 0.229. The molecule has 0 aliphatic heterocycles. The Morgan fingerprint density at radius 2 is 2.00 bits per heavy atom. The largest absolute Gasteiger partial charge is 0.496 e. The molecule has 0 bridgehead atoms. The minimum absolute atomic E-state index is 0.229. The van der Waals surface area contributed by atoms with Crippen LogP contribution in [0.4, 0.5) is 0 Å². The molecule has 0 fully saturated rings. The van der Waals surface area contributed by atoms with E-state index in [0.29, 0.717) is 0 Å². The number of nitrogens with zero attached hydrogens (tertiary/aromatic N) is 1. The summed E-state index contributed by atoms with van der Waals surface area (Å²) in [6.07, 6.45) is 1.14. The Hall–Kier alpha value is -0.540. The zero-order valence-corrected chi connectivity index (χ0v) is 13.0. The number of hydrogen-bond acceptors (Lipinski definition) is 2. The molecular weight excluding hydrogens is 278 g/mol. The van der Waals surface area contributed by atoms with E-state index in [-0.39, 0.29) is 5.54 Å². The van der Waals surface area contributed by atoms with Gasteiger partial charge in [-0.3, -0.25) is 4.90 Å². The Kier molecular flexibility index (Phi) is 5.02. The summed E-state index contributed by atoms with van der Waals surface area (Å²) in [4.78, 5) is 2.38. The number of ether oxygens (including phenoxy) is 1. The van der Waals surface area contributed by atoms with Gasteiger partial charge in [-0.05, 0) is 60.9 Å². The van der Waals surface area contributed by atoms with Gasteiger partial charge in [-0.1, -0.05) is 13.0 Å². The van der Waals surface area contributed by atoms with Crippen molar-refractivity contribution < 1.29 is 4.74 Å². The highest BCUT2D eigenvalue weighted by Crippen LogP contribution is 2.27. The average molecular weight is 300 g/mol. The predicted octanol–water partition coefficient (Wildman–Crippen LogP) is 4.08. The summed E-state index contributed by atoms with van der Waals surface area (Å²) >= 11 is 3.52. The standard InChI is InChI=1S/C14H22BrNO/c1-6-14(2,3)16(4)10-11-7-8-13(17-5)12(15)9-11/h7-9H,6,10H2,1-5H3. The Labute approximate surface area is 113 Å². The van der Waals surface area contributed by atoms with Crippen molar-refractivity contribution in [1.29, 1.82) is 0 Å². The van der Waals surface area contributed by atoms with Crippen molar-refractivity contribution in [2.75, 3.05) is 14.2 Å². The predicted molar refractivity (Wildman–Crippen MR) is 76.5 cm³/mol. The van der Waals surface area contributed by atoms with E-state index < -0.39 is 0 Å². The summed E-state index contributed by atoms with van der Waals surface area (Å²) in [7, 11) is 3.85. The zero-order chi connectivity index (χ0) is 13.1. The molecule has 0 spiro atoms. The lowest BCUT2D eigenvalue weighted by molar-refractivity contribution is 0.143. The highest BCUT2D eigenvalue weighted by atomic mass is 79.9. The molecule has 0 aliphatic rings. The Balaban J connectivity index is 2.79. The zero-order valence-electron chi connectivity index (χ0n) is 11.4. The van der Waals surface area contributed by atoms with E-state index in [0.717, 1.165) is 23.2 Å². The van der Waals surface area contributed by atoms with Crippen molar-refractivity contribution in [2.24, 2.45) is 0 Å². The Morgan fingerprint density at radius 3 is 2.47 bits per heavy atom. The van der Waals surface area contributed by atoms with Crippen LogP contribution in [0.25, 0.3) is 0 Å². The summed E-state index contributed by atoms with van der Waals surface area (Å²) in [6, 6.07) is 6.25. The van der Waals surface area contributed by atoms with E-state index in [1.807, 2.05) is 6.07 Å². The van der Waals surface area contributed by atoms with Gasteiger partial charge in [0.05, 0.1) is 11.6 Å². The van der Waals surface area contributed by atoms with E-state index in [4.69, 9.17) is 4.74 Å². The van der Waals surface area contributed by atoms with Gasteiger partial charge in [-0.25, -0.2) is 0 Å². The fraction of sp³-hybridized carbons (Fsp3) is 0.571. The third-order valence-electron chi connectivity index (χ3n) is 3.53. The molecule has 2 nitrogen and oxygen atoms in total. The molecule has 0 radical (unpaired) electrons. The van der Waals surface area contributed by atoms with Gasteiger partial charge in [0, 0.05) is 12.1 Å². The number of methoxy groups -OCH3 is 1. The lowest BCUT2D eigenvalue weighted by Crippen LogP contribution is -2.39. The molecule has 17 heavy (non-hydrogen) atoms. The molecule has 0 N–H and O–H groups in total. The van der Waals surface area contributed by atoms with Crippen LogP contribution in [0.5, 0.6) is 5.75 Å². The Bertz CT molecular complexity index is 376. The fourth-order valence-electron chi connectivity index (χ4n) is 1.57. The molecule has 0 aliphatic carbocycles. The minimum Gasteiger partial charge on any atom is -0.496 e. The molecule has 0 unspecified atom stereocenters. The number of rotatable bonds is 5. The number of benzene rings is 1. The SMILES string of the molecule is CCC(C)(C)N(C)Cc1ccc(OC)c(Br)c1. The molecule has 1 aromatic carbocycles. The van der Waals surface area contributed by atoms with Crippen molar-refractivity contribution >= 4 is 15.9 Å². The van der Waals surface area contributed by atoms with Crippen LogP contribution in [-0.4, -0.2) is 24.6 Å². The van der Waals surface area contributed by atoms with E-state index >= 15 is 0 Å². The van der Waals surface area contributed by atoms with Crippen molar-refractivity contribution in [3.8, 4) is 5.75 Å². The maximum Gasteiger partial charge on any atom is 0.133 e. The monoisotopic (exact) mass is 299 g/mol. The first-order valence-corrected chi connectivity index (χ1v) is 6.73. The smallest absolute Gasteiger partial charge is 0.133 e. The summed E-state index contributed by atoms with van der Waals surface area (Å²) in [5.41, 5.74) is 1.52. The molecule has 0 aromatic heterocycles. The summed E-state index contributed by atoms with van der Waals surface area (Å²) < 4.78 is 6.25. The second kappa shape index (κ2) is 5.87. The van der Waals surface area contributed by atoms with Gasteiger partial charge in [0.2, 0.25) is 0 Å². The first kappa shape index (κ1) is 14.5. The van der Waals surface area contributed by atoms with Gasteiger partial charge in [-0.15, -0.1) is 0 Å². The highest BCUT2D eigenvalue weighted by molar-refractivity contribution is 9.10. The van der Waals surface area contributed by atoms with Crippen LogP contribution in [0, 0.1) is 0 Å². The van der Waals surface area contributed by atoms with Gasteiger partial charge >= 0.3 is 0 Å². The van der Waals surface area contributed by atoms with Gasteiger partial charge in [0.15, 0.2) is 0 Å². The van der Waals surface area contributed by atoms with Crippen LogP contribution in [0.1, 0.15) is 32.8 Å². The van der Waals surface area contributed by atoms with Gasteiger partial charge in [0.25, 0.3) is 0 Å². The second-order valence-electron chi connectivity index (χ2n) is 4.99. The van der Waals surface area contributed by atoms with E-state index in [1.54, 1.807) is 7.11 Å². The third kappa shape index (κ3) is 3.71. The second-order valence-corrected chi connectivity index (χ2v) is 5.85. The molecule has 1 aromatic rings. The maximum atomic E-state index is 5.23. The summed E-state index contributed by atoms with van der Waals surface area (Å²) in [6.45, 7) is 7.71. The van der Waals surface area contributed by atoms with Gasteiger partial charge < -0.3 is 4.74 Å². The summed E-state index contributed by atoms with van der Waals surface area (Å²) in [5.74, 6) is 0.881. The van der Waals surface area contributed by atoms with Crippen LogP contribution < -0.4 is 4.74 Å². The van der Waals surface area contributed by atoms with Crippen molar-refractivity contribution in [3.05, 3.63) is 28.2 Å². The lowest BCUT2D eigenvalue weighted by atomic mass is 9.99. The third-order valence-corrected chi connectivity index (χ3v) is 4.15. The van der Waals surface area contributed by atoms with Crippen LogP contribution >= 0.6 is 15.9 Å². The van der Waals surface area contributed by atoms with E-state index in [1.165, 1.54) is 5.56 Å². The molecule has 3 heteroatoms. The number of hydrogen-bond donors (Lipinski definition) is 0.